The number of sulfonamides is 1. The van der Waals surface area contributed by atoms with E-state index in [0.717, 1.165) is 5.56 Å². The largest absolute Gasteiger partial charge is 0.381 e. The van der Waals surface area contributed by atoms with Gasteiger partial charge >= 0.3 is 0 Å². The van der Waals surface area contributed by atoms with Gasteiger partial charge in [-0.15, -0.1) is 0 Å². The van der Waals surface area contributed by atoms with E-state index in [0.29, 0.717) is 31.6 Å². The van der Waals surface area contributed by atoms with Gasteiger partial charge in [0, 0.05) is 25.3 Å². The highest BCUT2D eigenvalue weighted by Crippen LogP contribution is 2.31. The summed E-state index contributed by atoms with van der Waals surface area (Å²) in [6.07, 6.45) is 0.816. The van der Waals surface area contributed by atoms with Gasteiger partial charge in [0.15, 0.2) is 0 Å². The highest BCUT2D eigenvalue weighted by atomic mass is 32.2. The van der Waals surface area contributed by atoms with Gasteiger partial charge in [-0.05, 0) is 24.5 Å². The summed E-state index contributed by atoms with van der Waals surface area (Å²) in [7, 11) is -3.81. The van der Waals surface area contributed by atoms with Gasteiger partial charge in [0.2, 0.25) is 15.9 Å². The average molecular weight is 374 g/mol. The van der Waals surface area contributed by atoms with Gasteiger partial charge in [-0.25, -0.2) is 13.1 Å². The number of amides is 1. The Kier molecular flexibility index (Phi) is 5.41. The zero-order chi connectivity index (χ0) is 18.6. The molecule has 6 nitrogen and oxygen atoms in total. The van der Waals surface area contributed by atoms with Crippen LogP contribution in [0.3, 0.4) is 0 Å². The number of ether oxygens (including phenoxy) is 1. The van der Waals surface area contributed by atoms with Crippen molar-refractivity contribution in [3.05, 3.63) is 54.6 Å². The van der Waals surface area contributed by atoms with Crippen LogP contribution in [0.25, 0.3) is 11.1 Å². The van der Waals surface area contributed by atoms with E-state index < -0.39 is 21.3 Å². The van der Waals surface area contributed by atoms with Crippen LogP contribution in [0, 0.1) is 5.41 Å². The molecule has 0 unspecified atom stereocenters. The second kappa shape index (κ2) is 7.57. The van der Waals surface area contributed by atoms with Gasteiger partial charge in [0.1, 0.15) is 0 Å². The third-order valence-corrected chi connectivity index (χ3v) is 6.29. The van der Waals surface area contributed by atoms with Crippen molar-refractivity contribution in [2.24, 2.45) is 11.1 Å². The molecule has 1 fully saturated rings. The number of nitrogens with two attached hydrogens (primary N) is 1. The van der Waals surface area contributed by atoms with E-state index in [1.165, 1.54) is 0 Å². The maximum absolute atomic E-state index is 12.9. The molecule has 0 radical (unpaired) electrons. The summed E-state index contributed by atoms with van der Waals surface area (Å²) in [5.41, 5.74) is 6.07. The Morgan fingerprint density at radius 1 is 1.04 bits per heavy atom. The molecule has 0 aromatic heterocycles. The molecule has 2 aromatic carbocycles. The lowest BCUT2D eigenvalue weighted by Crippen LogP contribution is -2.49. The minimum Gasteiger partial charge on any atom is -0.381 e. The molecule has 0 aliphatic carbocycles. The maximum atomic E-state index is 12.9. The molecule has 0 bridgehead atoms. The van der Waals surface area contributed by atoms with Crippen LogP contribution in [0.5, 0.6) is 0 Å². The van der Waals surface area contributed by atoms with Crippen molar-refractivity contribution in [2.45, 2.75) is 17.7 Å². The van der Waals surface area contributed by atoms with E-state index in [2.05, 4.69) is 4.72 Å². The van der Waals surface area contributed by atoms with Crippen molar-refractivity contribution in [2.75, 3.05) is 19.8 Å². The van der Waals surface area contributed by atoms with E-state index >= 15 is 0 Å². The minimum atomic E-state index is -3.81. The van der Waals surface area contributed by atoms with E-state index in [1.807, 2.05) is 30.3 Å². The highest BCUT2D eigenvalue weighted by Gasteiger charge is 2.39. The number of carbonyl (C=O) groups excluding carboxylic acids is 1. The smallest absolute Gasteiger partial charge is 0.241 e. The Balaban J connectivity index is 1.89. The Hall–Kier alpha value is -2.22. The fourth-order valence-electron chi connectivity index (χ4n) is 3.14. The van der Waals surface area contributed by atoms with Crippen molar-refractivity contribution >= 4 is 15.9 Å². The topological polar surface area (TPSA) is 98.5 Å². The second-order valence-corrected chi connectivity index (χ2v) is 8.18. The van der Waals surface area contributed by atoms with E-state index in [4.69, 9.17) is 10.5 Å². The SMILES string of the molecule is NC(=O)C1(CNS(=O)(=O)c2ccccc2-c2ccccc2)CCOCC1. The standard InChI is InChI=1S/C19H22N2O4S/c20-18(22)19(10-12-25-13-11-19)14-21-26(23,24)17-9-5-4-8-16(17)15-6-2-1-3-7-15/h1-9,21H,10-14H2,(H2,20,22). The van der Waals surface area contributed by atoms with Gasteiger partial charge in [-0.1, -0.05) is 48.5 Å². The van der Waals surface area contributed by atoms with E-state index in [1.54, 1.807) is 24.3 Å². The number of hydrogen-bond acceptors (Lipinski definition) is 4. The summed E-state index contributed by atoms with van der Waals surface area (Å²) in [5, 5.41) is 0. The number of rotatable bonds is 6. The normalized spacial score (nSPS) is 16.9. The average Bonchev–Trinajstić information content (AvgIpc) is 2.68. The van der Waals surface area contributed by atoms with Crippen LogP contribution in [-0.4, -0.2) is 34.1 Å². The highest BCUT2D eigenvalue weighted by molar-refractivity contribution is 7.89. The molecule has 3 N–H and O–H groups in total. The molecular weight excluding hydrogens is 352 g/mol. The summed E-state index contributed by atoms with van der Waals surface area (Å²) >= 11 is 0. The Morgan fingerprint density at radius 3 is 2.31 bits per heavy atom. The lowest BCUT2D eigenvalue weighted by molar-refractivity contribution is -0.132. The first-order valence-corrected chi connectivity index (χ1v) is 9.95. The summed E-state index contributed by atoms with van der Waals surface area (Å²) < 4.78 is 33.8. The molecule has 3 rings (SSSR count). The van der Waals surface area contributed by atoms with Crippen LogP contribution in [-0.2, 0) is 19.6 Å². The Morgan fingerprint density at radius 2 is 1.65 bits per heavy atom. The zero-order valence-electron chi connectivity index (χ0n) is 14.4. The van der Waals surface area contributed by atoms with Gasteiger partial charge in [-0.2, -0.15) is 0 Å². The summed E-state index contributed by atoms with van der Waals surface area (Å²) in [6.45, 7) is 0.758. The van der Waals surface area contributed by atoms with Crippen LogP contribution in [0.4, 0.5) is 0 Å². The first-order chi connectivity index (χ1) is 12.4. The predicted octanol–water partition coefficient (Wildman–Crippen LogP) is 1.91. The Bertz CT molecular complexity index is 875. The molecule has 1 aliphatic heterocycles. The fourth-order valence-corrected chi connectivity index (χ4v) is 4.50. The molecule has 1 saturated heterocycles. The van der Waals surface area contributed by atoms with E-state index in [9.17, 15) is 13.2 Å². The number of primary amides is 1. The molecule has 26 heavy (non-hydrogen) atoms. The molecule has 138 valence electrons. The molecule has 0 saturated carbocycles. The maximum Gasteiger partial charge on any atom is 0.241 e. The van der Waals surface area contributed by atoms with Gasteiger partial charge in [0.05, 0.1) is 10.3 Å². The number of benzene rings is 2. The number of nitrogens with one attached hydrogen (secondary N) is 1. The molecule has 0 atom stereocenters. The quantitative estimate of drug-likeness (QED) is 0.807. The van der Waals surface area contributed by atoms with Crippen molar-refractivity contribution < 1.29 is 17.9 Å². The van der Waals surface area contributed by atoms with Gasteiger partial charge in [-0.3, -0.25) is 4.79 Å². The molecule has 1 amide bonds. The molecule has 1 aliphatic rings. The number of carbonyl (C=O) groups is 1. The lowest BCUT2D eigenvalue weighted by Gasteiger charge is -2.34. The van der Waals surface area contributed by atoms with E-state index in [-0.39, 0.29) is 11.4 Å². The van der Waals surface area contributed by atoms with Crippen LogP contribution in [0.1, 0.15) is 12.8 Å². The third kappa shape index (κ3) is 3.80. The Labute approximate surface area is 153 Å². The summed E-state index contributed by atoms with van der Waals surface area (Å²) in [5.74, 6) is -0.500. The monoisotopic (exact) mass is 374 g/mol. The van der Waals surface area contributed by atoms with Crippen LogP contribution in [0.15, 0.2) is 59.5 Å². The van der Waals surface area contributed by atoms with Crippen LogP contribution >= 0.6 is 0 Å². The fraction of sp³-hybridized carbons (Fsp3) is 0.316. The second-order valence-electron chi connectivity index (χ2n) is 6.44. The molecule has 0 spiro atoms. The first-order valence-electron chi connectivity index (χ1n) is 8.46. The minimum absolute atomic E-state index is 0.0306. The van der Waals surface area contributed by atoms with Crippen molar-refractivity contribution in [3.8, 4) is 11.1 Å². The predicted molar refractivity (Wildman–Crippen MR) is 98.7 cm³/mol. The van der Waals surface area contributed by atoms with Crippen LogP contribution < -0.4 is 10.5 Å². The molecular formula is C19H22N2O4S. The third-order valence-electron chi connectivity index (χ3n) is 4.83. The summed E-state index contributed by atoms with van der Waals surface area (Å²) in [6, 6.07) is 16.1. The summed E-state index contributed by atoms with van der Waals surface area (Å²) in [4.78, 5) is 12.1. The number of hydrogen-bond donors (Lipinski definition) is 2. The van der Waals surface area contributed by atoms with Gasteiger partial charge in [0.25, 0.3) is 0 Å². The van der Waals surface area contributed by atoms with Crippen molar-refractivity contribution in [1.82, 2.24) is 4.72 Å². The lowest BCUT2D eigenvalue weighted by atomic mass is 9.80. The first kappa shape index (κ1) is 18.6. The zero-order valence-corrected chi connectivity index (χ0v) is 15.2. The molecule has 1 heterocycles. The molecule has 7 heteroatoms. The van der Waals surface area contributed by atoms with Crippen molar-refractivity contribution in [3.63, 3.8) is 0 Å². The molecule has 2 aromatic rings. The van der Waals surface area contributed by atoms with Crippen molar-refractivity contribution in [1.29, 1.82) is 0 Å². The van der Waals surface area contributed by atoms with Crippen LogP contribution in [0.2, 0.25) is 0 Å². The van der Waals surface area contributed by atoms with Gasteiger partial charge < -0.3 is 10.5 Å².